The molecule has 0 aliphatic carbocycles. The summed E-state index contributed by atoms with van der Waals surface area (Å²) in [5.74, 6) is -1.81. The fraction of sp³-hybridized carbons (Fsp3) is 0.143. The lowest BCUT2D eigenvalue weighted by Crippen LogP contribution is -2.40. The summed E-state index contributed by atoms with van der Waals surface area (Å²) in [7, 11) is 0. The lowest BCUT2D eigenvalue weighted by Gasteiger charge is -2.14. The zero-order chi connectivity index (χ0) is 26.2. The van der Waals surface area contributed by atoms with Crippen LogP contribution in [0.2, 0.25) is 5.02 Å². The molecule has 4 rings (SSSR count). The molecule has 0 radical (unpaired) electrons. The first-order valence-electron chi connectivity index (χ1n) is 9.87. The summed E-state index contributed by atoms with van der Waals surface area (Å²) in [5, 5.41) is 3.97. The molecule has 1 aliphatic heterocycles. The topological polar surface area (TPSA) is 124 Å². The van der Waals surface area contributed by atoms with E-state index in [0.29, 0.717) is 33.1 Å². The molecule has 2 aromatic carbocycles. The number of imide groups is 1. The molecule has 1 aromatic heterocycles. The van der Waals surface area contributed by atoms with Crippen LogP contribution < -0.4 is 4.72 Å². The summed E-state index contributed by atoms with van der Waals surface area (Å²) >= 11 is 3.44. The number of hydrogen-bond acceptors (Lipinski definition) is 7. The maximum atomic E-state index is 13.4. The second kappa shape index (κ2) is 10.0. The first-order chi connectivity index (χ1) is 16.9. The minimum absolute atomic E-state index is 0.0128. The van der Waals surface area contributed by atoms with Crippen LogP contribution >= 0.6 is 23.4 Å². The van der Waals surface area contributed by atoms with E-state index in [1.165, 1.54) is 29.1 Å². The van der Waals surface area contributed by atoms with Crippen molar-refractivity contribution in [3.8, 4) is 0 Å². The Morgan fingerprint density at radius 2 is 1.97 bits per heavy atom. The maximum Gasteiger partial charge on any atom is 0.416 e. The summed E-state index contributed by atoms with van der Waals surface area (Å²) in [6.07, 6.45) is -1.73. The monoisotopic (exact) mass is 557 g/mol. The highest BCUT2D eigenvalue weighted by Crippen LogP contribution is 2.35. The van der Waals surface area contributed by atoms with Gasteiger partial charge in [-0.15, -0.1) is 0 Å². The summed E-state index contributed by atoms with van der Waals surface area (Å²) < 4.78 is 64.3. The number of nitrogens with zero attached hydrogens (tertiary/aromatic N) is 3. The van der Waals surface area contributed by atoms with Gasteiger partial charge in [-0.2, -0.15) is 18.3 Å². The Bertz CT molecular complexity index is 1460. The first kappa shape index (κ1) is 25.9. The largest absolute Gasteiger partial charge is 0.755 e. The van der Waals surface area contributed by atoms with E-state index < -0.39 is 46.6 Å². The fourth-order valence-electron chi connectivity index (χ4n) is 3.49. The van der Waals surface area contributed by atoms with Crippen LogP contribution in [0.3, 0.4) is 0 Å². The van der Waals surface area contributed by atoms with E-state index in [9.17, 15) is 36.3 Å². The molecule has 1 aliphatic rings. The van der Waals surface area contributed by atoms with Gasteiger partial charge >= 0.3 is 6.18 Å². The van der Waals surface area contributed by atoms with Crippen molar-refractivity contribution in [3.05, 3.63) is 69.2 Å². The van der Waals surface area contributed by atoms with Gasteiger partial charge in [0, 0.05) is 21.7 Å². The number of hydrogen-bond donors (Lipinski definition) is 1. The predicted molar refractivity (Wildman–Crippen MR) is 125 cm³/mol. The number of rotatable bonds is 6. The Balaban J connectivity index is 1.56. The zero-order valence-electron chi connectivity index (χ0n) is 17.7. The van der Waals surface area contributed by atoms with Crippen LogP contribution in [0.1, 0.15) is 16.7 Å². The van der Waals surface area contributed by atoms with E-state index >= 15 is 0 Å². The van der Waals surface area contributed by atoms with Crippen molar-refractivity contribution in [2.24, 2.45) is 0 Å². The van der Waals surface area contributed by atoms with Crippen molar-refractivity contribution in [2.45, 2.75) is 12.7 Å². The quantitative estimate of drug-likeness (QED) is 0.362. The minimum atomic E-state index is -4.59. The number of aromatic nitrogens is 2. The van der Waals surface area contributed by atoms with Crippen molar-refractivity contribution in [2.75, 3.05) is 6.54 Å². The van der Waals surface area contributed by atoms with Crippen molar-refractivity contribution < 1.29 is 36.3 Å². The molecule has 2 heterocycles. The van der Waals surface area contributed by atoms with Crippen molar-refractivity contribution in [1.82, 2.24) is 19.4 Å². The van der Waals surface area contributed by atoms with Crippen LogP contribution in [0, 0.1) is 0 Å². The number of carbonyl (C=O) groups is 3. The van der Waals surface area contributed by atoms with Gasteiger partial charge in [-0.25, -0.2) is 0 Å². The highest BCUT2D eigenvalue weighted by Gasteiger charge is 2.36. The number of halogens is 4. The summed E-state index contributed by atoms with van der Waals surface area (Å²) in [6, 6.07) is 8.35. The number of nitrogens with one attached hydrogen (secondary N) is 1. The van der Waals surface area contributed by atoms with Crippen LogP contribution in [0.4, 0.5) is 18.0 Å². The van der Waals surface area contributed by atoms with Gasteiger partial charge in [0.05, 0.1) is 28.7 Å². The molecule has 1 unspecified atom stereocenters. The Labute approximate surface area is 212 Å². The number of amides is 3. The van der Waals surface area contributed by atoms with Crippen LogP contribution in [-0.2, 0) is 33.6 Å². The fourth-order valence-corrected chi connectivity index (χ4v) is 4.75. The van der Waals surface area contributed by atoms with Gasteiger partial charge in [-0.05, 0) is 53.2 Å². The lowest BCUT2D eigenvalue weighted by atomic mass is 10.1. The van der Waals surface area contributed by atoms with E-state index in [1.807, 2.05) is 0 Å². The highest BCUT2D eigenvalue weighted by atomic mass is 35.5. The summed E-state index contributed by atoms with van der Waals surface area (Å²) in [6.45, 7) is -0.920. The van der Waals surface area contributed by atoms with Gasteiger partial charge in [-0.1, -0.05) is 23.7 Å². The normalized spacial score (nSPS) is 16.2. The molecular formula is C21H13ClF3N4O5S2-. The average Bonchev–Trinajstić information content (AvgIpc) is 3.29. The van der Waals surface area contributed by atoms with Crippen molar-refractivity contribution in [1.29, 1.82) is 0 Å². The molecule has 15 heteroatoms. The second-order valence-electron chi connectivity index (χ2n) is 7.45. The molecule has 188 valence electrons. The molecule has 3 amide bonds. The van der Waals surface area contributed by atoms with Crippen LogP contribution in [0.5, 0.6) is 0 Å². The molecule has 0 bridgehead atoms. The number of benzene rings is 2. The first-order valence-corrected chi connectivity index (χ1v) is 12.1. The third-order valence-electron chi connectivity index (χ3n) is 5.03. The molecule has 1 N–H and O–H groups in total. The predicted octanol–water partition coefficient (Wildman–Crippen LogP) is 3.70. The highest BCUT2D eigenvalue weighted by molar-refractivity contribution is 8.18. The van der Waals surface area contributed by atoms with E-state index in [-0.39, 0.29) is 22.0 Å². The maximum absolute atomic E-state index is 13.4. The molecular weight excluding hydrogens is 545 g/mol. The third-order valence-corrected chi connectivity index (χ3v) is 6.57. The Kier molecular flexibility index (Phi) is 7.22. The number of alkyl halides is 3. The minimum Gasteiger partial charge on any atom is -0.755 e. The number of fused-ring (bicyclic) bond motifs is 1. The molecule has 0 spiro atoms. The molecule has 36 heavy (non-hydrogen) atoms. The Hall–Kier alpha value is -3.20. The van der Waals surface area contributed by atoms with Gasteiger partial charge in [0.2, 0.25) is 0 Å². The standard InChI is InChI=1S/C21H14ClF3N4O5S2/c22-14-3-2-12(15(7-14)21(23,24)25)9-29-16-4-1-11(5-13(16)8-26-29)6-17-19(31)28(20(32)35-17)10-18(30)27-36(33)34/h1-8H,9-10H2,(H,27,30)(H,33,34)/p-1. The lowest BCUT2D eigenvalue weighted by molar-refractivity contribution is -0.138. The van der Waals surface area contributed by atoms with Gasteiger partial charge in [0.1, 0.15) is 6.54 Å². The Morgan fingerprint density at radius 1 is 1.22 bits per heavy atom. The molecule has 0 saturated carbocycles. The van der Waals surface area contributed by atoms with Crippen LogP contribution in [0.25, 0.3) is 17.0 Å². The van der Waals surface area contributed by atoms with Gasteiger partial charge in [0.15, 0.2) is 0 Å². The van der Waals surface area contributed by atoms with Crippen molar-refractivity contribution in [3.63, 3.8) is 0 Å². The Morgan fingerprint density at radius 3 is 2.67 bits per heavy atom. The van der Waals surface area contributed by atoms with Crippen LogP contribution in [0.15, 0.2) is 47.5 Å². The molecule has 1 saturated heterocycles. The molecule has 3 aromatic rings. The van der Waals surface area contributed by atoms with Gasteiger partial charge < -0.3 is 4.55 Å². The molecule has 9 nitrogen and oxygen atoms in total. The van der Waals surface area contributed by atoms with Crippen LogP contribution in [-0.4, -0.2) is 47.0 Å². The summed E-state index contributed by atoms with van der Waals surface area (Å²) in [5.41, 5.74) is 0.159. The van der Waals surface area contributed by atoms with E-state index in [2.05, 4.69) is 5.10 Å². The van der Waals surface area contributed by atoms with E-state index in [1.54, 1.807) is 22.9 Å². The summed E-state index contributed by atoms with van der Waals surface area (Å²) in [4.78, 5) is 36.8. The second-order valence-corrected chi connectivity index (χ2v) is 9.55. The zero-order valence-corrected chi connectivity index (χ0v) is 20.1. The van der Waals surface area contributed by atoms with E-state index in [0.717, 1.165) is 6.07 Å². The molecule has 1 atom stereocenters. The smallest absolute Gasteiger partial charge is 0.416 e. The number of thioether (sulfide) groups is 1. The SMILES string of the molecule is O=C(CN1C(=O)SC(=Cc2ccc3c(cnn3Cc3ccc(Cl)cc3C(F)(F)F)c2)C1=O)NS(=O)[O-]. The van der Waals surface area contributed by atoms with E-state index in [4.69, 9.17) is 11.6 Å². The number of carbonyl (C=O) groups excluding carboxylic acids is 3. The van der Waals surface area contributed by atoms with Gasteiger partial charge in [-0.3, -0.25) is 32.9 Å². The van der Waals surface area contributed by atoms with Gasteiger partial charge in [0.25, 0.3) is 17.1 Å². The average molecular weight is 558 g/mol. The molecule has 1 fully saturated rings. The van der Waals surface area contributed by atoms with Crippen molar-refractivity contribution >= 4 is 68.7 Å². The third kappa shape index (κ3) is 5.61.